The highest BCUT2D eigenvalue weighted by Crippen LogP contribution is 2.36. The molecule has 0 unspecified atom stereocenters. The van der Waals surface area contributed by atoms with Crippen LogP contribution in [0, 0.1) is 5.82 Å². The van der Waals surface area contributed by atoms with E-state index in [9.17, 15) is 9.18 Å². The molecule has 0 radical (unpaired) electrons. The van der Waals surface area contributed by atoms with Crippen molar-refractivity contribution < 1.29 is 18.7 Å². The number of carbonyl (C=O) groups is 1. The topological polar surface area (TPSA) is 50.8 Å². The Morgan fingerprint density at radius 1 is 1.00 bits per heavy atom. The first kappa shape index (κ1) is 16.6. The van der Waals surface area contributed by atoms with Gasteiger partial charge in [-0.25, -0.2) is 4.39 Å². The van der Waals surface area contributed by atoms with Gasteiger partial charge >= 0.3 is 0 Å². The van der Waals surface area contributed by atoms with Crippen LogP contribution in [0.15, 0.2) is 66.7 Å². The average Bonchev–Trinajstić information content (AvgIpc) is 3.18. The Morgan fingerprint density at radius 3 is 2.64 bits per heavy atom. The number of rotatable bonds is 3. The highest BCUT2D eigenvalue weighted by molar-refractivity contribution is 6.01. The van der Waals surface area contributed by atoms with E-state index in [0.717, 1.165) is 16.8 Å². The predicted molar refractivity (Wildman–Crippen MR) is 102 cm³/mol. The summed E-state index contributed by atoms with van der Waals surface area (Å²) < 4.78 is 24.2. The van der Waals surface area contributed by atoms with E-state index in [1.54, 1.807) is 23.1 Å². The molecule has 0 aromatic heterocycles. The second kappa shape index (κ2) is 6.56. The van der Waals surface area contributed by atoms with Gasteiger partial charge in [0.15, 0.2) is 11.5 Å². The number of hydrogen-bond acceptors (Lipinski definition) is 4. The summed E-state index contributed by atoms with van der Waals surface area (Å²) in [6, 6.07) is 19.3. The molecule has 0 saturated carbocycles. The first-order valence-electron chi connectivity index (χ1n) is 8.99. The van der Waals surface area contributed by atoms with Crippen molar-refractivity contribution in [1.82, 2.24) is 4.90 Å². The molecule has 1 N–H and O–H groups in total. The summed E-state index contributed by atoms with van der Waals surface area (Å²) in [6.07, 6.45) is -0.409. The van der Waals surface area contributed by atoms with Crippen molar-refractivity contribution in [1.29, 1.82) is 0 Å². The molecule has 5 rings (SSSR count). The molecule has 140 valence electrons. The van der Waals surface area contributed by atoms with Crippen LogP contribution >= 0.6 is 0 Å². The summed E-state index contributed by atoms with van der Waals surface area (Å²) in [6.45, 7) is 0.577. The molecule has 0 aliphatic carbocycles. The molecule has 1 atom stereocenters. The number of ether oxygens (including phenoxy) is 2. The van der Waals surface area contributed by atoms with E-state index >= 15 is 0 Å². The lowest BCUT2D eigenvalue weighted by Crippen LogP contribution is -2.42. The molecule has 6 heteroatoms. The molecule has 0 spiro atoms. The maximum absolute atomic E-state index is 13.4. The molecule has 3 aromatic rings. The lowest BCUT2D eigenvalue weighted by atomic mass is 10.0. The van der Waals surface area contributed by atoms with E-state index in [0.29, 0.717) is 23.6 Å². The number of anilines is 1. The molecule has 0 bridgehead atoms. The number of benzene rings is 3. The molecule has 2 aliphatic heterocycles. The molecule has 28 heavy (non-hydrogen) atoms. The summed E-state index contributed by atoms with van der Waals surface area (Å²) in [5.41, 5.74) is 3.11. The minimum Gasteiger partial charge on any atom is -0.454 e. The van der Waals surface area contributed by atoms with Crippen LogP contribution in [0.3, 0.4) is 0 Å². The van der Waals surface area contributed by atoms with Crippen LogP contribution in [0.25, 0.3) is 0 Å². The zero-order chi connectivity index (χ0) is 19.1. The predicted octanol–water partition coefficient (Wildman–Crippen LogP) is 4.32. The molecule has 2 heterocycles. The molecule has 1 amide bonds. The zero-order valence-corrected chi connectivity index (χ0v) is 14.9. The fourth-order valence-corrected chi connectivity index (χ4v) is 3.60. The molecule has 2 aliphatic rings. The van der Waals surface area contributed by atoms with Crippen molar-refractivity contribution >= 4 is 11.6 Å². The Labute approximate surface area is 161 Å². The largest absolute Gasteiger partial charge is 0.454 e. The van der Waals surface area contributed by atoms with Crippen molar-refractivity contribution in [3.05, 3.63) is 89.2 Å². The van der Waals surface area contributed by atoms with Crippen molar-refractivity contribution in [2.24, 2.45) is 0 Å². The standard InChI is InChI=1S/C22H17FN2O3/c23-16-8-6-15(7-9-16)21-24-18-4-2-1-3-17(18)22(26)25(21)12-14-5-10-19-20(11-14)28-13-27-19/h1-11,21,24H,12-13H2/t21-/m1/s1. The SMILES string of the molecule is O=C1c2ccccc2N[C@@H](c2ccc(F)cc2)N1Cc1ccc2c(c1)OCO2. The third-order valence-corrected chi connectivity index (χ3v) is 5.00. The molecule has 3 aromatic carbocycles. The maximum atomic E-state index is 13.4. The van der Waals surface area contributed by atoms with Crippen LogP contribution in [-0.4, -0.2) is 17.6 Å². The first-order valence-corrected chi connectivity index (χ1v) is 8.99. The van der Waals surface area contributed by atoms with Gasteiger partial charge in [-0.15, -0.1) is 0 Å². The van der Waals surface area contributed by atoms with Crippen molar-refractivity contribution in [2.75, 3.05) is 12.1 Å². The lowest BCUT2D eigenvalue weighted by molar-refractivity contribution is 0.0666. The van der Waals surface area contributed by atoms with Gasteiger partial charge in [0.25, 0.3) is 5.91 Å². The van der Waals surface area contributed by atoms with Crippen LogP contribution in [0.2, 0.25) is 0 Å². The minimum atomic E-state index is -0.409. The van der Waals surface area contributed by atoms with Crippen molar-refractivity contribution in [3.63, 3.8) is 0 Å². The highest BCUT2D eigenvalue weighted by Gasteiger charge is 2.33. The fourth-order valence-electron chi connectivity index (χ4n) is 3.60. The van der Waals surface area contributed by atoms with Gasteiger partial charge in [0.05, 0.1) is 5.56 Å². The fraction of sp³-hybridized carbons (Fsp3) is 0.136. The Hall–Kier alpha value is -3.54. The van der Waals surface area contributed by atoms with Gasteiger partial charge in [-0.2, -0.15) is 0 Å². The monoisotopic (exact) mass is 376 g/mol. The van der Waals surface area contributed by atoms with Gasteiger partial charge in [0, 0.05) is 12.2 Å². The van der Waals surface area contributed by atoms with Gasteiger partial charge in [0.1, 0.15) is 12.0 Å². The van der Waals surface area contributed by atoms with Gasteiger partial charge in [0.2, 0.25) is 6.79 Å². The van der Waals surface area contributed by atoms with Crippen molar-refractivity contribution in [2.45, 2.75) is 12.7 Å². The number of halogens is 1. The van der Waals surface area contributed by atoms with Gasteiger partial charge < -0.3 is 19.7 Å². The first-order chi connectivity index (χ1) is 13.7. The van der Waals surface area contributed by atoms with Gasteiger partial charge in [-0.3, -0.25) is 4.79 Å². The smallest absolute Gasteiger partial charge is 0.258 e. The van der Waals surface area contributed by atoms with E-state index in [2.05, 4.69) is 5.32 Å². The molecule has 0 fully saturated rings. The number of para-hydroxylation sites is 1. The Balaban J connectivity index is 1.53. The van der Waals surface area contributed by atoms with E-state index in [1.807, 2.05) is 36.4 Å². The number of fused-ring (bicyclic) bond motifs is 2. The van der Waals surface area contributed by atoms with Crippen LogP contribution in [0.4, 0.5) is 10.1 Å². The second-order valence-corrected chi connectivity index (χ2v) is 6.76. The number of hydrogen-bond donors (Lipinski definition) is 1. The Morgan fingerprint density at radius 2 is 1.79 bits per heavy atom. The summed E-state index contributed by atoms with van der Waals surface area (Å²) in [4.78, 5) is 15.0. The second-order valence-electron chi connectivity index (χ2n) is 6.76. The third-order valence-electron chi connectivity index (χ3n) is 5.00. The molecule has 5 nitrogen and oxygen atoms in total. The van der Waals surface area contributed by atoms with Crippen LogP contribution in [-0.2, 0) is 6.54 Å². The molecular weight excluding hydrogens is 359 g/mol. The number of amides is 1. The maximum Gasteiger partial charge on any atom is 0.258 e. The molecular formula is C22H17FN2O3. The highest BCUT2D eigenvalue weighted by atomic mass is 19.1. The minimum absolute atomic E-state index is 0.0821. The van der Waals surface area contributed by atoms with Gasteiger partial charge in [-0.1, -0.05) is 30.3 Å². The van der Waals surface area contributed by atoms with Crippen LogP contribution < -0.4 is 14.8 Å². The number of nitrogens with zero attached hydrogens (tertiary/aromatic N) is 1. The van der Waals surface area contributed by atoms with E-state index in [-0.39, 0.29) is 18.5 Å². The van der Waals surface area contributed by atoms with Gasteiger partial charge in [-0.05, 0) is 47.5 Å². The molecule has 0 saturated heterocycles. The zero-order valence-electron chi connectivity index (χ0n) is 14.9. The average molecular weight is 376 g/mol. The van der Waals surface area contributed by atoms with Crippen LogP contribution in [0.1, 0.15) is 27.7 Å². The summed E-state index contributed by atoms with van der Waals surface area (Å²) >= 11 is 0. The van der Waals surface area contributed by atoms with E-state index in [1.165, 1.54) is 12.1 Å². The number of nitrogens with one attached hydrogen (secondary N) is 1. The third kappa shape index (κ3) is 2.83. The summed E-state index contributed by atoms with van der Waals surface area (Å²) in [5.74, 6) is 0.982. The quantitative estimate of drug-likeness (QED) is 0.740. The Kier molecular flexibility index (Phi) is 3.90. The van der Waals surface area contributed by atoms with Crippen LogP contribution in [0.5, 0.6) is 11.5 Å². The van der Waals surface area contributed by atoms with E-state index < -0.39 is 6.17 Å². The Bertz CT molecular complexity index is 1050. The van der Waals surface area contributed by atoms with E-state index in [4.69, 9.17) is 9.47 Å². The number of carbonyl (C=O) groups excluding carboxylic acids is 1. The lowest BCUT2D eigenvalue weighted by Gasteiger charge is -2.38. The summed E-state index contributed by atoms with van der Waals surface area (Å²) in [5, 5.41) is 3.41. The summed E-state index contributed by atoms with van der Waals surface area (Å²) in [7, 11) is 0. The normalized spacial score (nSPS) is 17.2. The van der Waals surface area contributed by atoms with Crippen molar-refractivity contribution in [3.8, 4) is 11.5 Å².